The Hall–Kier alpha value is -3.12. The monoisotopic (exact) mass is 376 g/mol. The van der Waals surface area contributed by atoms with Gasteiger partial charge in [-0.25, -0.2) is 4.98 Å². The molecule has 6 nitrogen and oxygen atoms in total. The number of imidazole rings is 1. The number of carbonyl (C=O) groups excluding carboxylic acids is 1. The molecule has 0 bridgehead atoms. The number of para-hydroxylation sites is 1. The fraction of sp³-hybridized carbons (Fsp3) is 0.273. The van der Waals surface area contributed by atoms with Crippen molar-refractivity contribution in [2.45, 2.75) is 6.54 Å². The first-order valence-corrected chi connectivity index (χ1v) is 9.48. The van der Waals surface area contributed by atoms with Crippen molar-refractivity contribution in [2.24, 2.45) is 0 Å². The highest BCUT2D eigenvalue weighted by Gasteiger charge is 2.20. The zero-order chi connectivity index (χ0) is 19.3. The van der Waals surface area contributed by atoms with E-state index in [4.69, 9.17) is 4.74 Å². The van der Waals surface area contributed by atoms with E-state index < -0.39 is 0 Å². The van der Waals surface area contributed by atoms with Gasteiger partial charge in [-0.3, -0.25) is 9.69 Å². The molecule has 0 N–H and O–H groups in total. The number of pyridine rings is 1. The molecule has 0 aliphatic carbocycles. The number of benzene rings is 1. The van der Waals surface area contributed by atoms with Crippen LogP contribution in [0, 0.1) is 0 Å². The third-order valence-corrected chi connectivity index (χ3v) is 5.03. The molecule has 1 aliphatic heterocycles. The van der Waals surface area contributed by atoms with E-state index in [1.807, 2.05) is 64.0 Å². The number of methoxy groups -OCH3 is 1. The minimum atomic E-state index is 0.0401. The van der Waals surface area contributed by atoms with Crippen LogP contribution >= 0.6 is 0 Å². The summed E-state index contributed by atoms with van der Waals surface area (Å²) in [4.78, 5) is 21.4. The molecule has 28 heavy (non-hydrogen) atoms. The standard InChI is InChI=1S/C22H24N4O2/c1-28-20-7-3-2-6-18(20)9-10-22(27)25-14-12-24(13-15-25)16-19-17-26-11-5-4-8-21(26)23-19/h2-11,17H,12-16H2,1H3/b10-9+. The van der Waals surface area contributed by atoms with E-state index in [9.17, 15) is 4.79 Å². The zero-order valence-corrected chi connectivity index (χ0v) is 16.0. The predicted octanol–water partition coefficient (Wildman–Crippen LogP) is 2.70. The van der Waals surface area contributed by atoms with Crippen molar-refractivity contribution in [2.75, 3.05) is 33.3 Å². The summed E-state index contributed by atoms with van der Waals surface area (Å²) >= 11 is 0. The Labute approximate surface area is 164 Å². The first-order chi connectivity index (χ1) is 13.7. The lowest BCUT2D eigenvalue weighted by Gasteiger charge is -2.33. The van der Waals surface area contributed by atoms with Gasteiger partial charge in [0.25, 0.3) is 0 Å². The van der Waals surface area contributed by atoms with Crippen LogP contribution in [0.3, 0.4) is 0 Å². The normalized spacial score (nSPS) is 15.4. The summed E-state index contributed by atoms with van der Waals surface area (Å²) in [5.41, 5.74) is 2.93. The highest BCUT2D eigenvalue weighted by molar-refractivity contribution is 5.92. The van der Waals surface area contributed by atoms with Crippen molar-refractivity contribution in [3.8, 4) is 5.75 Å². The second kappa shape index (κ2) is 8.27. The van der Waals surface area contributed by atoms with Gasteiger partial charge in [0, 0.05) is 56.8 Å². The molecule has 0 unspecified atom stereocenters. The van der Waals surface area contributed by atoms with Crippen LogP contribution in [0.2, 0.25) is 0 Å². The van der Waals surface area contributed by atoms with Crippen LogP contribution in [0.1, 0.15) is 11.3 Å². The van der Waals surface area contributed by atoms with E-state index in [0.717, 1.165) is 55.4 Å². The third-order valence-electron chi connectivity index (χ3n) is 5.03. The van der Waals surface area contributed by atoms with E-state index in [2.05, 4.69) is 16.1 Å². The Kier molecular flexibility index (Phi) is 5.39. The number of hydrogen-bond donors (Lipinski definition) is 0. The lowest BCUT2D eigenvalue weighted by Crippen LogP contribution is -2.47. The van der Waals surface area contributed by atoms with Gasteiger partial charge in [0.1, 0.15) is 11.4 Å². The molecule has 1 aromatic carbocycles. The van der Waals surface area contributed by atoms with Gasteiger partial charge in [-0.1, -0.05) is 24.3 Å². The van der Waals surface area contributed by atoms with E-state index in [1.165, 1.54) is 0 Å². The number of rotatable bonds is 5. The van der Waals surface area contributed by atoms with Gasteiger partial charge in [0.05, 0.1) is 12.8 Å². The maximum Gasteiger partial charge on any atom is 0.246 e. The lowest BCUT2D eigenvalue weighted by atomic mass is 10.2. The van der Waals surface area contributed by atoms with Crippen molar-refractivity contribution in [1.29, 1.82) is 0 Å². The van der Waals surface area contributed by atoms with E-state index in [0.29, 0.717) is 0 Å². The number of fused-ring (bicyclic) bond motifs is 1. The van der Waals surface area contributed by atoms with Gasteiger partial charge in [-0.05, 0) is 24.3 Å². The number of ether oxygens (including phenoxy) is 1. The van der Waals surface area contributed by atoms with Gasteiger partial charge in [-0.15, -0.1) is 0 Å². The van der Waals surface area contributed by atoms with Crippen molar-refractivity contribution in [3.63, 3.8) is 0 Å². The van der Waals surface area contributed by atoms with Gasteiger partial charge in [0.2, 0.25) is 5.91 Å². The first-order valence-electron chi connectivity index (χ1n) is 9.48. The molecule has 0 spiro atoms. The van der Waals surface area contributed by atoms with E-state index in [-0.39, 0.29) is 5.91 Å². The molecule has 1 fully saturated rings. The number of piperazine rings is 1. The molecule has 6 heteroatoms. The van der Waals surface area contributed by atoms with Crippen molar-refractivity contribution in [1.82, 2.24) is 19.2 Å². The largest absolute Gasteiger partial charge is 0.496 e. The molecule has 4 rings (SSSR count). The number of nitrogens with zero attached hydrogens (tertiary/aromatic N) is 4. The Morgan fingerprint density at radius 1 is 1.11 bits per heavy atom. The van der Waals surface area contributed by atoms with Gasteiger partial charge >= 0.3 is 0 Å². The Morgan fingerprint density at radius 3 is 2.68 bits per heavy atom. The number of aromatic nitrogens is 2. The van der Waals surface area contributed by atoms with Gasteiger partial charge in [-0.2, -0.15) is 0 Å². The fourth-order valence-corrected chi connectivity index (χ4v) is 3.49. The summed E-state index contributed by atoms with van der Waals surface area (Å²) in [6.45, 7) is 3.95. The highest BCUT2D eigenvalue weighted by atomic mass is 16.5. The molecule has 2 aromatic heterocycles. The molecule has 0 radical (unpaired) electrons. The van der Waals surface area contributed by atoms with Crippen LogP contribution < -0.4 is 4.74 Å². The average molecular weight is 376 g/mol. The second-order valence-electron chi connectivity index (χ2n) is 6.88. The molecule has 1 aliphatic rings. The molecule has 3 aromatic rings. The van der Waals surface area contributed by atoms with E-state index in [1.54, 1.807) is 13.2 Å². The first kappa shape index (κ1) is 18.3. The summed E-state index contributed by atoms with van der Waals surface area (Å²) < 4.78 is 7.36. The fourth-order valence-electron chi connectivity index (χ4n) is 3.49. The van der Waals surface area contributed by atoms with Gasteiger partial charge < -0.3 is 14.0 Å². The summed E-state index contributed by atoms with van der Waals surface area (Å²) in [6, 6.07) is 13.7. The molecular weight excluding hydrogens is 352 g/mol. The predicted molar refractivity (Wildman–Crippen MR) is 109 cm³/mol. The maximum absolute atomic E-state index is 12.5. The molecule has 1 saturated heterocycles. The molecule has 0 atom stereocenters. The maximum atomic E-state index is 12.5. The quantitative estimate of drug-likeness (QED) is 0.643. The van der Waals surface area contributed by atoms with Crippen molar-refractivity contribution in [3.05, 3.63) is 72.2 Å². The second-order valence-corrected chi connectivity index (χ2v) is 6.88. The summed E-state index contributed by atoms with van der Waals surface area (Å²) in [5.74, 6) is 0.808. The molecular formula is C22H24N4O2. The van der Waals surface area contributed by atoms with Crippen LogP contribution in [-0.4, -0.2) is 58.4 Å². The Morgan fingerprint density at radius 2 is 1.89 bits per heavy atom. The molecule has 0 saturated carbocycles. The van der Waals surface area contributed by atoms with Crippen molar-refractivity contribution < 1.29 is 9.53 Å². The number of hydrogen-bond acceptors (Lipinski definition) is 4. The third kappa shape index (κ3) is 4.07. The Balaban J connectivity index is 1.32. The zero-order valence-electron chi connectivity index (χ0n) is 16.0. The SMILES string of the molecule is COc1ccccc1/C=C/C(=O)N1CCN(Cc2cn3ccccc3n2)CC1. The smallest absolute Gasteiger partial charge is 0.246 e. The highest BCUT2D eigenvalue weighted by Crippen LogP contribution is 2.19. The van der Waals surface area contributed by atoms with Crippen molar-refractivity contribution >= 4 is 17.6 Å². The topological polar surface area (TPSA) is 50.1 Å². The summed E-state index contributed by atoms with van der Waals surface area (Å²) in [5, 5.41) is 0. The lowest BCUT2D eigenvalue weighted by molar-refractivity contribution is -0.127. The summed E-state index contributed by atoms with van der Waals surface area (Å²) in [6.07, 6.45) is 7.54. The minimum absolute atomic E-state index is 0.0401. The minimum Gasteiger partial charge on any atom is -0.496 e. The Bertz CT molecular complexity index is 954. The van der Waals surface area contributed by atoms with Gasteiger partial charge in [0.15, 0.2) is 0 Å². The van der Waals surface area contributed by atoms with Crippen LogP contribution in [0.5, 0.6) is 5.75 Å². The molecule has 144 valence electrons. The van der Waals surface area contributed by atoms with Crippen LogP contribution in [-0.2, 0) is 11.3 Å². The number of amides is 1. The van der Waals surface area contributed by atoms with Crippen LogP contribution in [0.15, 0.2) is 60.9 Å². The summed E-state index contributed by atoms with van der Waals surface area (Å²) in [7, 11) is 1.64. The average Bonchev–Trinajstić information content (AvgIpc) is 3.15. The molecule has 3 heterocycles. The van der Waals surface area contributed by atoms with Crippen LogP contribution in [0.25, 0.3) is 11.7 Å². The molecule has 1 amide bonds. The number of carbonyl (C=O) groups is 1. The van der Waals surface area contributed by atoms with E-state index >= 15 is 0 Å². The van der Waals surface area contributed by atoms with Crippen LogP contribution in [0.4, 0.5) is 0 Å².